The molecule has 0 saturated heterocycles. The number of rotatable bonds is 5. The van der Waals surface area contributed by atoms with Crippen LogP contribution in [-0.4, -0.2) is 30.2 Å². The largest absolute Gasteiger partial charge is 0.497 e. The van der Waals surface area contributed by atoms with Gasteiger partial charge in [-0.15, -0.1) is 11.3 Å². The number of aryl methyl sites for hydroxylation is 2. The number of esters is 1. The van der Waals surface area contributed by atoms with Crippen LogP contribution in [0.3, 0.4) is 0 Å². The van der Waals surface area contributed by atoms with Crippen molar-refractivity contribution in [2.45, 2.75) is 20.5 Å². The lowest BCUT2D eigenvalue weighted by Gasteiger charge is -2.10. The van der Waals surface area contributed by atoms with Gasteiger partial charge in [0.05, 0.1) is 19.6 Å². The summed E-state index contributed by atoms with van der Waals surface area (Å²) in [6, 6.07) is 4.84. The van der Waals surface area contributed by atoms with Crippen molar-refractivity contribution in [3.63, 3.8) is 0 Å². The third-order valence-electron chi connectivity index (χ3n) is 4.05. The Balaban J connectivity index is 1.84. The van der Waals surface area contributed by atoms with Gasteiger partial charge in [-0.2, -0.15) is 0 Å². The molecule has 0 aliphatic rings. The highest BCUT2D eigenvalue weighted by molar-refractivity contribution is 7.18. The molecule has 2 aromatic heterocycles. The molecule has 1 N–H and O–H groups in total. The van der Waals surface area contributed by atoms with Gasteiger partial charge in [0.1, 0.15) is 34.3 Å². The number of benzene rings is 1. The van der Waals surface area contributed by atoms with E-state index in [-0.39, 0.29) is 17.7 Å². The molecule has 0 aliphatic heterocycles. The van der Waals surface area contributed by atoms with Gasteiger partial charge in [0.15, 0.2) is 0 Å². The molecule has 2 heterocycles. The fraction of sp³-hybridized carbons (Fsp3) is 0.278. The molecule has 0 unspecified atom stereocenters. The number of thiophene rings is 1. The first-order valence-corrected chi connectivity index (χ1v) is 8.64. The van der Waals surface area contributed by atoms with Crippen molar-refractivity contribution in [2.24, 2.45) is 0 Å². The van der Waals surface area contributed by atoms with Gasteiger partial charge in [-0.3, -0.25) is 4.79 Å². The smallest absolute Gasteiger partial charge is 0.342 e. The van der Waals surface area contributed by atoms with Crippen LogP contribution in [0.4, 0.5) is 0 Å². The molecular formula is C18H18N2O5S. The maximum absolute atomic E-state index is 12.4. The summed E-state index contributed by atoms with van der Waals surface area (Å²) in [4.78, 5) is 33.4. The lowest BCUT2D eigenvalue weighted by molar-refractivity contribution is 0.0458. The Bertz CT molecular complexity index is 1040. The number of nitrogens with one attached hydrogen (secondary N) is 1. The highest BCUT2D eigenvalue weighted by Gasteiger charge is 2.17. The molecule has 0 radical (unpaired) electrons. The van der Waals surface area contributed by atoms with E-state index in [2.05, 4.69) is 9.97 Å². The summed E-state index contributed by atoms with van der Waals surface area (Å²) in [5, 5.41) is 0.581. The van der Waals surface area contributed by atoms with Gasteiger partial charge in [-0.05, 0) is 37.6 Å². The second kappa shape index (κ2) is 7.17. The van der Waals surface area contributed by atoms with Crippen molar-refractivity contribution in [1.29, 1.82) is 0 Å². The number of hydrogen-bond donors (Lipinski definition) is 1. The standard InChI is InChI=1S/C18H18N2O5S/c1-9-10(2)26-17-15(9)16(21)19-14(20-17)8-25-18(22)12-7-11(23-3)5-6-13(12)24-4/h5-7H,8H2,1-4H3,(H,19,20,21). The van der Waals surface area contributed by atoms with Gasteiger partial charge in [0.25, 0.3) is 5.56 Å². The first-order valence-electron chi connectivity index (χ1n) is 7.82. The summed E-state index contributed by atoms with van der Waals surface area (Å²) in [5.74, 6) is 0.577. The van der Waals surface area contributed by atoms with Crippen LogP contribution in [0.15, 0.2) is 23.0 Å². The van der Waals surface area contributed by atoms with Gasteiger partial charge >= 0.3 is 5.97 Å². The fourth-order valence-corrected chi connectivity index (χ4v) is 3.60. The summed E-state index contributed by atoms with van der Waals surface area (Å²) in [7, 11) is 2.97. The Kier molecular flexibility index (Phi) is 4.94. The molecule has 0 spiro atoms. The van der Waals surface area contributed by atoms with Crippen molar-refractivity contribution in [3.8, 4) is 11.5 Å². The number of fused-ring (bicyclic) bond motifs is 1. The monoisotopic (exact) mass is 374 g/mol. The third-order valence-corrected chi connectivity index (χ3v) is 5.16. The summed E-state index contributed by atoms with van der Waals surface area (Å²) in [6.45, 7) is 3.68. The van der Waals surface area contributed by atoms with Crippen LogP contribution in [0.1, 0.15) is 26.6 Å². The minimum Gasteiger partial charge on any atom is -0.497 e. The normalized spacial score (nSPS) is 10.8. The topological polar surface area (TPSA) is 90.5 Å². The molecule has 136 valence electrons. The van der Waals surface area contributed by atoms with Gasteiger partial charge in [0, 0.05) is 4.88 Å². The highest BCUT2D eigenvalue weighted by atomic mass is 32.1. The van der Waals surface area contributed by atoms with E-state index in [1.54, 1.807) is 12.1 Å². The summed E-state index contributed by atoms with van der Waals surface area (Å²) in [5.41, 5.74) is 0.920. The van der Waals surface area contributed by atoms with E-state index in [0.717, 1.165) is 10.4 Å². The van der Waals surface area contributed by atoms with Gasteiger partial charge < -0.3 is 19.2 Å². The fourth-order valence-electron chi connectivity index (χ4n) is 2.55. The quantitative estimate of drug-likeness (QED) is 0.691. The molecule has 3 aromatic rings. The van der Waals surface area contributed by atoms with Crippen molar-refractivity contribution in [3.05, 3.63) is 50.4 Å². The number of aromatic nitrogens is 2. The van der Waals surface area contributed by atoms with Crippen LogP contribution in [-0.2, 0) is 11.3 Å². The molecule has 0 amide bonds. The van der Waals surface area contributed by atoms with Crippen molar-refractivity contribution in [2.75, 3.05) is 14.2 Å². The van der Waals surface area contributed by atoms with Crippen LogP contribution in [0.25, 0.3) is 10.2 Å². The van der Waals surface area contributed by atoms with Crippen LogP contribution >= 0.6 is 11.3 Å². The minimum atomic E-state index is -0.595. The molecule has 0 fully saturated rings. The number of nitrogens with zero attached hydrogens (tertiary/aromatic N) is 1. The van der Waals surface area contributed by atoms with Gasteiger partial charge in [-0.25, -0.2) is 9.78 Å². The van der Waals surface area contributed by atoms with Crippen LogP contribution in [0.5, 0.6) is 11.5 Å². The number of H-pyrrole nitrogens is 1. The maximum Gasteiger partial charge on any atom is 0.342 e. The maximum atomic E-state index is 12.4. The van der Waals surface area contributed by atoms with E-state index in [1.165, 1.54) is 31.6 Å². The number of carbonyl (C=O) groups excluding carboxylic acids is 1. The van der Waals surface area contributed by atoms with Gasteiger partial charge in [-0.1, -0.05) is 0 Å². The van der Waals surface area contributed by atoms with E-state index >= 15 is 0 Å². The molecule has 0 atom stereocenters. The predicted octanol–water partition coefficient (Wildman–Crippen LogP) is 2.98. The molecule has 0 saturated carbocycles. The lowest BCUT2D eigenvalue weighted by Crippen LogP contribution is -2.14. The number of aromatic amines is 1. The Morgan fingerprint density at radius 3 is 2.69 bits per heavy atom. The summed E-state index contributed by atoms with van der Waals surface area (Å²) >= 11 is 1.44. The molecule has 1 aromatic carbocycles. The molecule has 0 bridgehead atoms. The van der Waals surface area contributed by atoms with Crippen molar-refractivity contribution >= 4 is 27.5 Å². The van der Waals surface area contributed by atoms with Crippen LogP contribution in [0, 0.1) is 13.8 Å². The van der Waals surface area contributed by atoms with Crippen molar-refractivity contribution in [1.82, 2.24) is 9.97 Å². The molecule has 8 heteroatoms. The SMILES string of the molecule is COc1ccc(OC)c(C(=O)OCc2nc3sc(C)c(C)c3c(=O)[nH]2)c1. The average Bonchev–Trinajstić information content (AvgIpc) is 2.93. The second-order valence-electron chi connectivity index (χ2n) is 5.62. The number of carbonyl (C=O) groups is 1. The zero-order chi connectivity index (χ0) is 18.8. The van der Waals surface area contributed by atoms with E-state index in [4.69, 9.17) is 14.2 Å². The van der Waals surface area contributed by atoms with E-state index in [1.807, 2.05) is 13.8 Å². The molecule has 3 rings (SSSR count). The molecular weight excluding hydrogens is 356 g/mol. The lowest BCUT2D eigenvalue weighted by atomic mass is 10.2. The molecule has 0 aliphatic carbocycles. The van der Waals surface area contributed by atoms with E-state index in [9.17, 15) is 9.59 Å². The first-order chi connectivity index (χ1) is 12.4. The first kappa shape index (κ1) is 17.9. The predicted molar refractivity (Wildman–Crippen MR) is 98.4 cm³/mol. The van der Waals surface area contributed by atoms with Crippen LogP contribution < -0.4 is 15.0 Å². The van der Waals surface area contributed by atoms with E-state index < -0.39 is 5.97 Å². The zero-order valence-electron chi connectivity index (χ0n) is 14.8. The second-order valence-corrected chi connectivity index (χ2v) is 6.82. The zero-order valence-corrected chi connectivity index (χ0v) is 15.7. The average molecular weight is 374 g/mol. The van der Waals surface area contributed by atoms with E-state index in [0.29, 0.717) is 27.5 Å². The molecule has 26 heavy (non-hydrogen) atoms. The molecule has 7 nitrogen and oxygen atoms in total. The highest BCUT2D eigenvalue weighted by Crippen LogP contribution is 2.26. The minimum absolute atomic E-state index is 0.152. The Morgan fingerprint density at radius 1 is 1.23 bits per heavy atom. The Morgan fingerprint density at radius 2 is 2.00 bits per heavy atom. The van der Waals surface area contributed by atoms with Crippen LogP contribution in [0.2, 0.25) is 0 Å². The number of ether oxygens (including phenoxy) is 3. The Labute approximate surface area is 153 Å². The van der Waals surface area contributed by atoms with Crippen molar-refractivity contribution < 1.29 is 19.0 Å². The number of methoxy groups -OCH3 is 2. The third kappa shape index (κ3) is 3.28. The summed E-state index contributed by atoms with van der Waals surface area (Å²) in [6.07, 6.45) is 0. The van der Waals surface area contributed by atoms with Gasteiger partial charge in [0.2, 0.25) is 0 Å². The number of hydrogen-bond acceptors (Lipinski definition) is 7. The summed E-state index contributed by atoms with van der Waals surface area (Å²) < 4.78 is 15.6. The Hall–Kier alpha value is -2.87.